The Morgan fingerprint density at radius 2 is 2.06 bits per heavy atom. The van der Waals surface area contributed by atoms with Crippen LogP contribution in [0.3, 0.4) is 0 Å². The number of hydrogen-bond donors (Lipinski definition) is 1. The van der Waals surface area contributed by atoms with Crippen molar-refractivity contribution in [1.82, 2.24) is 15.1 Å². The predicted octanol–water partition coefficient (Wildman–Crippen LogP) is 2.41. The maximum Gasteiger partial charge on any atom is 0.276 e. The molecule has 0 aliphatic carbocycles. The van der Waals surface area contributed by atoms with Crippen LogP contribution >= 0.6 is 0 Å². The third-order valence-corrected chi connectivity index (χ3v) is 3.35. The van der Waals surface area contributed by atoms with Crippen LogP contribution in [-0.2, 0) is 5.54 Å². The fraction of sp³-hybridized carbons (Fsp3) is 0.462. The summed E-state index contributed by atoms with van der Waals surface area (Å²) in [6.07, 6.45) is 3.24. The van der Waals surface area contributed by atoms with E-state index in [1.807, 2.05) is 32.9 Å². The van der Waals surface area contributed by atoms with Gasteiger partial charge in [0.25, 0.3) is 5.89 Å². The lowest BCUT2D eigenvalue weighted by Gasteiger charge is -2.21. The van der Waals surface area contributed by atoms with Crippen LogP contribution in [-0.4, -0.2) is 15.1 Å². The molecule has 2 aromatic rings. The average molecular weight is 246 g/mol. The molecule has 0 unspecified atom stereocenters. The summed E-state index contributed by atoms with van der Waals surface area (Å²) in [5.41, 5.74) is 7.44. The van der Waals surface area contributed by atoms with Crippen LogP contribution in [0.2, 0.25) is 0 Å². The minimum atomic E-state index is -0.523. The summed E-state index contributed by atoms with van der Waals surface area (Å²) >= 11 is 0. The molecule has 0 saturated carbocycles. The summed E-state index contributed by atoms with van der Waals surface area (Å²) in [5.74, 6) is 0.979. The van der Waals surface area contributed by atoms with E-state index in [2.05, 4.69) is 15.1 Å². The molecule has 0 atom stereocenters. The van der Waals surface area contributed by atoms with Crippen LogP contribution in [0.15, 0.2) is 22.9 Å². The Labute approximate surface area is 106 Å². The molecule has 2 heterocycles. The number of aromatic nitrogens is 3. The lowest BCUT2D eigenvalue weighted by Crippen LogP contribution is -2.36. The second-order valence-electron chi connectivity index (χ2n) is 4.46. The average Bonchev–Trinajstić information content (AvgIpc) is 2.88. The molecule has 0 radical (unpaired) electrons. The van der Waals surface area contributed by atoms with Crippen LogP contribution in [0, 0.1) is 6.92 Å². The van der Waals surface area contributed by atoms with Crippen molar-refractivity contribution in [3.05, 3.63) is 29.7 Å². The standard InChI is InChI=1S/C13H18N4O/c1-4-13(14,5-2)12-16-11(18-17-12)10-9(3)7-6-8-15-10/h6-8H,4-5,14H2,1-3H3. The quantitative estimate of drug-likeness (QED) is 0.896. The van der Waals surface area contributed by atoms with E-state index in [-0.39, 0.29) is 0 Å². The molecule has 2 N–H and O–H groups in total. The van der Waals surface area contributed by atoms with Gasteiger partial charge in [-0.15, -0.1) is 0 Å². The Kier molecular flexibility index (Phi) is 3.43. The van der Waals surface area contributed by atoms with E-state index < -0.39 is 5.54 Å². The Hall–Kier alpha value is -1.75. The van der Waals surface area contributed by atoms with Gasteiger partial charge in [0, 0.05) is 6.20 Å². The van der Waals surface area contributed by atoms with Gasteiger partial charge >= 0.3 is 0 Å². The topological polar surface area (TPSA) is 77.8 Å². The van der Waals surface area contributed by atoms with E-state index in [1.54, 1.807) is 6.20 Å². The summed E-state index contributed by atoms with van der Waals surface area (Å²) in [6.45, 7) is 6.00. The van der Waals surface area contributed by atoms with Crippen molar-refractivity contribution in [2.45, 2.75) is 39.2 Å². The van der Waals surface area contributed by atoms with Crippen molar-refractivity contribution in [1.29, 1.82) is 0 Å². The second-order valence-corrected chi connectivity index (χ2v) is 4.46. The molecule has 0 aliphatic rings. The highest BCUT2D eigenvalue weighted by Crippen LogP contribution is 2.26. The number of aryl methyl sites for hydroxylation is 1. The van der Waals surface area contributed by atoms with E-state index in [0.717, 1.165) is 18.4 Å². The van der Waals surface area contributed by atoms with Crippen LogP contribution in [0.1, 0.15) is 38.1 Å². The monoisotopic (exact) mass is 246 g/mol. The minimum Gasteiger partial charge on any atom is -0.332 e. The van der Waals surface area contributed by atoms with Crippen molar-refractivity contribution in [2.75, 3.05) is 0 Å². The summed E-state index contributed by atoms with van der Waals surface area (Å²) in [5, 5.41) is 4.00. The van der Waals surface area contributed by atoms with E-state index in [4.69, 9.17) is 10.3 Å². The maximum atomic E-state index is 6.24. The number of pyridine rings is 1. The highest BCUT2D eigenvalue weighted by atomic mass is 16.5. The van der Waals surface area contributed by atoms with E-state index in [0.29, 0.717) is 17.4 Å². The lowest BCUT2D eigenvalue weighted by atomic mass is 9.93. The molecule has 0 fully saturated rings. The summed E-state index contributed by atoms with van der Waals surface area (Å²) < 4.78 is 5.28. The molecule has 0 bridgehead atoms. The van der Waals surface area contributed by atoms with Gasteiger partial charge in [-0.2, -0.15) is 4.98 Å². The van der Waals surface area contributed by atoms with Gasteiger partial charge in [-0.05, 0) is 31.4 Å². The largest absolute Gasteiger partial charge is 0.332 e. The summed E-state index contributed by atoms with van der Waals surface area (Å²) in [7, 11) is 0. The molecule has 0 spiro atoms. The first kappa shape index (κ1) is 12.7. The van der Waals surface area contributed by atoms with Gasteiger partial charge in [0.1, 0.15) is 5.69 Å². The van der Waals surface area contributed by atoms with Gasteiger partial charge in [0.15, 0.2) is 5.82 Å². The first-order chi connectivity index (χ1) is 8.60. The molecular weight excluding hydrogens is 228 g/mol. The highest BCUT2D eigenvalue weighted by Gasteiger charge is 2.29. The normalized spacial score (nSPS) is 11.8. The fourth-order valence-electron chi connectivity index (χ4n) is 1.80. The van der Waals surface area contributed by atoms with Gasteiger partial charge in [-0.3, -0.25) is 4.98 Å². The van der Waals surface area contributed by atoms with Gasteiger partial charge in [0.2, 0.25) is 0 Å². The maximum absolute atomic E-state index is 6.24. The van der Waals surface area contributed by atoms with Crippen LogP contribution < -0.4 is 5.73 Å². The Morgan fingerprint density at radius 1 is 1.33 bits per heavy atom. The lowest BCUT2D eigenvalue weighted by molar-refractivity contribution is 0.350. The summed E-state index contributed by atoms with van der Waals surface area (Å²) in [4.78, 5) is 8.65. The molecule has 96 valence electrons. The molecule has 0 aliphatic heterocycles. The third-order valence-electron chi connectivity index (χ3n) is 3.35. The number of hydrogen-bond acceptors (Lipinski definition) is 5. The SMILES string of the molecule is CCC(N)(CC)c1noc(-c2ncccc2C)n1. The zero-order valence-corrected chi connectivity index (χ0v) is 11.0. The van der Waals surface area contributed by atoms with E-state index in [1.165, 1.54) is 0 Å². The molecule has 18 heavy (non-hydrogen) atoms. The molecule has 2 rings (SSSR count). The fourth-order valence-corrected chi connectivity index (χ4v) is 1.80. The Bertz CT molecular complexity index is 531. The smallest absolute Gasteiger partial charge is 0.276 e. The van der Waals surface area contributed by atoms with Crippen molar-refractivity contribution < 1.29 is 4.52 Å². The van der Waals surface area contributed by atoms with Gasteiger partial charge in [0.05, 0.1) is 5.54 Å². The molecular formula is C13H18N4O. The molecule has 0 saturated heterocycles. The number of nitrogens with two attached hydrogens (primary N) is 1. The zero-order valence-electron chi connectivity index (χ0n) is 11.0. The van der Waals surface area contributed by atoms with E-state index >= 15 is 0 Å². The van der Waals surface area contributed by atoms with Gasteiger partial charge in [-0.1, -0.05) is 25.1 Å². The number of rotatable bonds is 4. The van der Waals surface area contributed by atoms with Crippen LogP contribution in [0.25, 0.3) is 11.6 Å². The first-order valence-electron chi connectivity index (χ1n) is 6.15. The predicted molar refractivity (Wildman–Crippen MR) is 68.7 cm³/mol. The van der Waals surface area contributed by atoms with Crippen LogP contribution in [0.5, 0.6) is 0 Å². The van der Waals surface area contributed by atoms with Crippen molar-refractivity contribution in [3.8, 4) is 11.6 Å². The van der Waals surface area contributed by atoms with Gasteiger partial charge in [-0.25, -0.2) is 0 Å². The molecule has 0 aromatic carbocycles. The Balaban J connectivity index is 2.40. The number of nitrogens with zero attached hydrogens (tertiary/aromatic N) is 3. The van der Waals surface area contributed by atoms with E-state index in [9.17, 15) is 0 Å². The van der Waals surface area contributed by atoms with Crippen molar-refractivity contribution in [2.24, 2.45) is 5.73 Å². The summed E-state index contributed by atoms with van der Waals surface area (Å²) in [6, 6.07) is 3.84. The first-order valence-corrected chi connectivity index (χ1v) is 6.15. The zero-order chi connectivity index (χ0) is 13.2. The third kappa shape index (κ3) is 2.13. The van der Waals surface area contributed by atoms with Crippen molar-refractivity contribution >= 4 is 0 Å². The molecule has 2 aromatic heterocycles. The minimum absolute atomic E-state index is 0.430. The highest BCUT2D eigenvalue weighted by molar-refractivity contribution is 5.51. The molecule has 5 nitrogen and oxygen atoms in total. The Morgan fingerprint density at radius 3 is 2.67 bits per heavy atom. The van der Waals surface area contributed by atoms with Crippen molar-refractivity contribution in [3.63, 3.8) is 0 Å². The molecule has 0 amide bonds. The second kappa shape index (κ2) is 4.86. The van der Waals surface area contributed by atoms with Crippen LogP contribution in [0.4, 0.5) is 0 Å². The van der Waals surface area contributed by atoms with Gasteiger partial charge < -0.3 is 10.3 Å². The molecule has 5 heteroatoms.